The largest absolute Gasteiger partial charge is 0.480 e. The third-order valence-electron chi connectivity index (χ3n) is 2.14. The highest BCUT2D eigenvalue weighted by Gasteiger charge is 2.12. The molecule has 0 saturated carbocycles. The molecule has 2 N–H and O–H groups in total. The van der Waals surface area contributed by atoms with Gasteiger partial charge in [-0.25, -0.2) is 4.39 Å². The fraction of sp³-hybridized carbons (Fsp3) is 0.364. The Morgan fingerprint density at radius 2 is 2.00 bits per heavy atom. The molecule has 1 aromatic rings. The molecule has 0 saturated heterocycles. The number of carboxylic acid groups (broad SMARTS) is 1. The lowest BCUT2D eigenvalue weighted by atomic mass is 10.1. The first kappa shape index (κ1) is 12.6. The second kappa shape index (κ2) is 5.58. The fourth-order valence-electron chi connectivity index (χ4n) is 1.38. The van der Waals surface area contributed by atoms with Crippen molar-refractivity contribution in [1.82, 2.24) is 4.90 Å². The van der Waals surface area contributed by atoms with Gasteiger partial charge >= 0.3 is 5.97 Å². The summed E-state index contributed by atoms with van der Waals surface area (Å²) in [5.74, 6) is -1.32. The highest BCUT2D eigenvalue weighted by molar-refractivity contribution is 5.69. The van der Waals surface area contributed by atoms with Crippen molar-refractivity contribution in [3.8, 4) is 0 Å². The lowest BCUT2D eigenvalue weighted by Crippen LogP contribution is -2.29. The summed E-state index contributed by atoms with van der Waals surface area (Å²) in [7, 11) is 1.60. The Labute approximate surface area is 92.9 Å². The molecule has 0 aromatic heterocycles. The maximum Gasteiger partial charge on any atom is 0.317 e. The Hall–Kier alpha value is -1.46. The Bertz CT molecular complexity index is 353. The van der Waals surface area contributed by atoms with E-state index in [1.165, 1.54) is 29.2 Å². The second-order valence-corrected chi connectivity index (χ2v) is 3.66. The normalized spacial score (nSPS) is 12.8. The second-order valence-electron chi connectivity index (χ2n) is 3.66. The predicted molar refractivity (Wildman–Crippen MR) is 56.5 cm³/mol. The van der Waals surface area contributed by atoms with Gasteiger partial charge in [0.15, 0.2) is 0 Å². The summed E-state index contributed by atoms with van der Waals surface area (Å²) in [4.78, 5) is 11.9. The molecule has 1 aromatic carbocycles. The van der Waals surface area contributed by atoms with Gasteiger partial charge in [-0.3, -0.25) is 9.69 Å². The van der Waals surface area contributed by atoms with Crippen molar-refractivity contribution in [2.45, 2.75) is 6.10 Å². The molecule has 5 heteroatoms. The summed E-state index contributed by atoms with van der Waals surface area (Å²) in [5, 5.41) is 18.3. The van der Waals surface area contributed by atoms with E-state index in [9.17, 15) is 14.3 Å². The Morgan fingerprint density at radius 1 is 1.44 bits per heavy atom. The molecule has 0 fully saturated rings. The van der Waals surface area contributed by atoms with Crippen molar-refractivity contribution in [3.63, 3.8) is 0 Å². The zero-order valence-corrected chi connectivity index (χ0v) is 8.93. The first-order valence-electron chi connectivity index (χ1n) is 4.83. The average molecular weight is 227 g/mol. The van der Waals surface area contributed by atoms with Crippen LogP contribution in [0, 0.1) is 5.82 Å². The molecular weight excluding hydrogens is 213 g/mol. The number of aliphatic hydroxyl groups excluding tert-OH is 1. The van der Waals surface area contributed by atoms with Crippen LogP contribution < -0.4 is 0 Å². The fourth-order valence-corrected chi connectivity index (χ4v) is 1.38. The summed E-state index contributed by atoms with van der Waals surface area (Å²) in [5.41, 5.74) is 0.568. The summed E-state index contributed by atoms with van der Waals surface area (Å²) >= 11 is 0. The van der Waals surface area contributed by atoms with Crippen molar-refractivity contribution in [2.24, 2.45) is 0 Å². The number of hydrogen-bond donors (Lipinski definition) is 2. The van der Waals surface area contributed by atoms with Crippen LogP contribution in [0.15, 0.2) is 24.3 Å². The minimum absolute atomic E-state index is 0.141. The lowest BCUT2D eigenvalue weighted by molar-refractivity contribution is -0.138. The van der Waals surface area contributed by atoms with Crippen molar-refractivity contribution < 1.29 is 19.4 Å². The van der Waals surface area contributed by atoms with Crippen LogP contribution in [0.4, 0.5) is 4.39 Å². The number of aliphatic carboxylic acids is 1. The quantitative estimate of drug-likeness (QED) is 0.783. The van der Waals surface area contributed by atoms with Crippen LogP contribution in [-0.4, -0.2) is 41.2 Å². The molecule has 1 atom stereocenters. The van der Waals surface area contributed by atoms with Gasteiger partial charge in [0.1, 0.15) is 5.82 Å². The molecule has 88 valence electrons. The molecule has 1 unspecified atom stereocenters. The minimum Gasteiger partial charge on any atom is -0.480 e. The number of rotatable bonds is 5. The lowest BCUT2D eigenvalue weighted by Gasteiger charge is -2.18. The van der Waals surface area contributed by atoms with E-state index in [-0.39, 0.29) is 18.9 Å². The van der Waals surface area contributed by atoms with Gasteiger partial charge < -0.3 is 10.2 Å². The van der Waals surface area contributed by atoms with Crippen LogP contribution in [0.1, 0.15) is 11.7 Å². The van der Waals surface area contributed by atoms with Crippen molar-refractivity contribution >= 4 is 5.97 Å². The number of halogens is 1. The van der Waals surface area contributed by atoms with Crippen molar-refractivity contribution in [3.05, 3.63) is 35.6 Å². The van der Waals surface area contributed by atoms with Crippen molar-refractivity contribution in [2.75, 3.05) is 20.1 Å². The van der Waals surface area contributed by atoms with Gasteiger partial charge in [-0.2, -0.15) is 0 Å². The molecule has 0 amide bonds. The van der Waals surface area contributed by atoms with E-state index in [0.29, 0.717) is 5.56 Å². The smallest absolute Gasteiger partial charge is 0.317 e. The number of nitrogens with zero attached hydrogens (tertiary/aromatic N) is 1. The monoisotopic (exact) mass is 227 g/mol. The number of likely N-dealkylation sites (N-methyl/N-ethyl adjacent to an activating group) is 1. The van der Waals surface area contributed by atoms with Gasteiger partial charge in [0, 0.05) is 6.54 Å². The number of carbonyl (C=O) groups is 1. The summed E-state index contributed by atoms with van der Waals surface area (Å²) in [6, 6.07) is 5.48. The van der Waals surface area contributed by atoms with E-state index in [2.05, 4.69) is 0 Å². The summed E-state index contributed by atoms with van der Waals surface area (Å²) < 4.78 is 12.6. The van der Waals surface area contributed by atoms with Gasteiger partial charge in [-0.05, 0) is 24.7 Å². The van der Waals surface area contributed by atoms with E-state index in [0.717, 1.165) is 0 Å². The van der Waals surface area contributed by atoms with Crippen LogP contribution in [0.2, 0.25) is 0 Å². The molecule has 0 heterocycles. The first-order chi connectivity index (χ1) is 7.49. The van der Waals surface area contributed by atoms with Gasteiger partial charge in [0.2, 0.25) is 0 Å². The molecule has 1 rings (SSSR count). The van der Waals surface area contributed by atoms with Crippen LogP contribution in [0.3, 0.4) is 0 Å². The van der Waals surface area contributed by atoms with Gasteiger partial charge in [-0.15, -0.1) is 0 Å². The maximum atomic E-state index is 12.6. The molecular formula is C11H14FNO3. The van der Waals surface area contributed by atoms with E-state index >= 15 is 0 Å². The van der Waals surface area contributed by atoms with E-state index < -0.39 is 12.1 Å². The first-order valence-corrected chi connectivity index (χ1v) is 4.83. The summed E-state index contributed by atoms with van der Waals surface area (Å²) in [6.45, 7) is 0.0518. The standard InChI is InChI=1S/C11H14FNO3/c1-13(7-11(15)16)6-10(14)8-2-4-9(12)5-3-8/h2-5,10,14H,6-7H2,1H3,(H,15,16). The minimum atomic E-state index is -0.950. The van der Waals surface area contributed by atoms with E-state index in [4.69, 9.17) is 5.11 Å². The number of carboxylic acids is 1. The van der Waals surface area contributed by atoms with E-state index in [1.807, 2.05) is 0 Å². The molecule has 16 heavy (non-hydrogen) atoms. The molecule has 0 aliphatic rings. The van der Waals surface area contributed by atoms with Crippen LogP contribution >= 0.6 is 0 Å². The summed E-state index contributed by atoms with van der Waals surface area (Å²) in [6.07, 6.45) is -0.815. The Kier molecular flexibility index (Phi) is 4.39. The van der Waals surface area contributed by atoms with Crippen LogP contribution in [-0.2, 0) is 4.79 Å². The molecule has 0 spiro atoms. The molecule has 0 aliphatic heterocycles. The number of benzene rings is 1. The number of aliphatic hydroxyl groups is 1. The third-order valence-corrected chi connectivity index (χ3v) is 2.14. The predicted octanol–water partition coefficient (Wildman–Crippen LogP) is 0.875. The van der Waals surface area contributed by atoms with Gasteiger partial charge in [0.05, 0.1) is 12.6 Å². The maximum absolute atomic E-state index is 12.6. The van der Waals surface area contributed by atoms with Crippen LogP contribution in [0.25, 0.3) is 0 Å². The molecule has 0 bridgehead atoms. The highest BCUT2D eigenvalue weighted by Crippen LogP contribution is 2.14. The zero-order chi connectivity index (χ0) is 12.1. The van der Waals surface area contributed by atoms with E-state index in [1.54, 1.807) is 7.05 Å². The topological polar surface area (TPSA) is 60.8 Å². The third kappa shape index (κ3) is 3.96. The van der Waals surface area contributed by atoms with Crippen molar-refractivity contribution in [1.29, 1.82) is 0 Å². The van der Waals surface area contributed by atoms with Crippen LogP contribution in [0.5, 0.6) is 0 Å². The Morgan fingerprint density at radius 3 is 2.50 bits per heavy atom. The number of hydrogen-bond acceptors (Lipinski definition) is 3. The zero-order valence-electron chi connectivity index (χ0n) is 8.93. The molecule has 0 aliphatic carbocycles. The highest BCUT2D eigenvalue weighted by atomic mass is 19.1. The SMILES string of the molecule is CN(CC(=O)O)CC(O)c1ccc(F)cc1. The van der Waals surface area contributed by atoms with Gasteiger partial charge in [-0.1, -0.05) is 12.1 Å². The molecule has 0 radical (unpaired) electrons. The Balaban J connectivity index is 2.54. The molecule has 4 nitrogen and oxygen atoms in total. The van der Waals surface area contributed by atoms with Gasteiger partial charge in [0.25, 0.3) is 0 Å². The average Bonchev–Trinajstić information content (AvgIpc) is 2.16.